The third-order valence-electron chi connectivity index (χ3n) is 2.77. The number of benzene rings is 1. The van der Waals surface area contributed by atoms with Gasteiger partial charge in [-0.25, -0.2) is 0 Å². The van der Waals surface area contributed by atoms with Gasteiger partial charge in [-0.1, -0.05) is 12.1 Å². The fraction of sp³-hybridized carbons (Fsp3) is 0.500. The lowest BCUT2D eigenvalue weighted by molar-refractivity contribution is -0.118. The van der Waals surface area contributed by atoms with Crippen molar-refractivity contribution < 1.29 is 9.53 Å². The molecule has 0 radical (unpaired) electrons. The van der Waals surface area contributed by atoms with Gasteiger partial charge in [-0.05, 0) is 44.5 Å². The number of nitrogens with one attached hydrogen (secondary N) is 2. The van der Waals surface area contributed by atoms with Crippen molar-refractivity contribution in [3.8, 4) is 11.8 Å². The van der Waals surface area contributed by atoms with Crippen molar-refractivity contribution in [2.24, 2.45) is 0 Å². The van der Waals surface area contributed by atoms with Crippen molar-refractivity contribution in [3.63, 3.8) is 0 Å². The minimum absolute atomic E-state index is 0.0367. The highest BCUT2D eigenvalue weighted by molar-refractivity contribution is 5.72. The lowest BCUT2D eigenvalue weighted by Gasteiger charge is -2.15. The molecule has 1 rings (SSSR count). The minimum Gasteiger partial charge on any atom is -0.491 e. The standard InChI is InChI=1S/C16H23N3O2/c1-12(2)21-15-7-4-6-14(10-15)16(11-17)19-9-5-8-18-13(3)20/h4,6-7,10,12,16,19H,5,8-9H2,1-3H3,(H,18,20). The normalized spacial score (nSPS) is 11.8. The number of nitriles is 1. The highest BCUT2D eigenvalue weighted by Gasteiger charge is 2.10. The summed E-state index contributed by atoms with van der Waals surface area (Å²) in [6.45, 7) is 6.69. The minimum atomic E-state index is -0.377. The van der Waals surface area contributed by atoms with E-state index in [2.05, 4.69) is 16.7 Å². The highest BCUT2D eigenvalue weighted by Crippen LogP contribution is 2.20. The summed E-state index contributed by atoms with van der Waals surface area (Å²) in [5.74, 6) is 0.730. The van der Waals surface area contributed by atoms with Crippen LogP contribution >= 0.6 is 0 Å². The number of amides is 1. The summed E-state index contributed by atoms with van der Waals surface area (Å²) in [5, 5.41) is 15.2. The first kappa shape index (κ1) is 17.0. The van der Waals surface area contributed by atoms with Gasteiger partial charge in [-0.2, -0.15) is 5.26 Å². The second kappa shape index (κ2) is 8.98. The van der Waals surface area contributed by atoms with Gasteiger partial charge in [0.15, 0.2) is 0 Å². The lowest BCUT2D eigenvalue weighted by atomic mass is 10.1. The molecule has 5 heteroatoms. The maximum absolute atomic E-state index is 10.7. The Labute approximate surface area is 126 Å². The fourth-order valence-corrected chi connectivity index (χ4v) is 1.88. The van der Waals surface area contributed by atoms with E-state index in [1.54, 1.807) is 0 Å². The van der Waals surface area contributed by atoms with Crippen LogP contribution in [0, 0.1) is 11.3 Å². The summed E-state index contributed by atoms with van der Waals surface area (Å²) in [7, 11) is 0. The second-order valence-electron chi connectivity index (χ2n) is 5.09. The Morgan fingerprint density at radius 1 is 1.38 bits per heavy atom. The number of carbonyl (C=O) groups is 1. The average Bonchev–Trinajstić information content (AvgIpc) is 2.42. The predicted molar refractivity (Wildman–Crippen MR) is 81.9 cm³/mol. The van der Waals surface area contributed by atoms with Crippen molar-refractivity contribution >= 4 is 5.91 Å². The Morgan fingerprint density at radius 3 is 2.76 bits per heavy atom. The smallest absolute Gasteiger partial charge is 0.216 e. The molecular weight excluding hydrogens is 266 g/mol. The Hall–Kier alpha value is -2.06. The van der Waals surface area contributed by atoms with Crippen LogP contribution in [0.25, 0.3) is 0 Å². The van der Waals surface area contributed by atoms with E-state index in [1.807, 2.05) is 38.1 Å². The molecule has 114 valence electrons. The molecule has 1 amide bonds. The molecule has 2 N–H and O–H groups in total. The van der Waals surface area contributed by atoms with E-state index >= 15 is 0 Å². The van der Waals surface area contributed by atoms with Gasteiger partial charge in [0.1, 0.15) is 11.8 Å². The van der Waals surface area contributed by atoms with Gasteiger partial charge < -0.3 is 10.1 Å². The molecule has 0 aliphatic heterocycles. The van der Waals surface area contributed by atoms with Crippen LogP contribution in [0.15, 0.2) is 24.3 Å². The predicted octanol–water partition coefficient (Wildman–Crippen LogP) is 2.15. The zero-order valence-electron chi connectivity index (χ0n) is 12.8. The van der Waals surface area contributed by atoms with Gasteiger partial charge in [0, 0.05) is 13.5 Å². The van der Waals surface area contributed by atoms with Crippen molar-refractivity contribution in [2.45, 2.75) is 39.3 Å². The van der Waals surface area contributed by atoms with E-state index in [4.69, 9.17) is 4.74 Å². The maximum Gasteiger partial charge on any atom is 0.216 e. The third kappa shape index (κ3) is 6.77. The first-order chi connectivity index (χ1) is 10.0. The lowest BCUT2D eigenvalue weighted by Crippen LogP contribution is -2.27. The van der Waals surface area contributed by atoms with Gasteiger partial charge in [0.2, 0.25) is 5.91 Å². The number of hydrogen-bond donors (Lipinski definition) is 2. The fourth-order valence-electron chi connectivity index (χ4n) is 1.88. The molecule has 1 aromatic carbocycles. The molecular formula is C16H23N3O2. The van der Waals surface area contributed by atoms with Crippen molar-refractivity contribution in [3.05, 3.63) is 29.8 Å². The first-order valence-electron chi connectivity index (χ1n) is 7.17. The number of carbonyl (C=O) groups excluding carboxylic acids is 1. The van der Waals surface area contributed by atoms with Gasteiger partial charge in [0.25, 0.3) is 0 Å². The quantitative estimate of drug-likeness (QED) is 0.719. The number of hydrogen-bond acceptors (Lipinski definition) is 4. The maximum atomic E-state index is 10.7. The Bertz CT molecular complexity index is 495. The van der Waals surface area contributed by atoms with Gasteiger partial charge in [0.05, 0.1) is 12.2 Å². The Kier molecular flexibility index (Phi) is 7.27. The molecule has 0 saturated carbocycles. The molecule has 0 saturated heterocycles. The summed E-state index contributed by atoms with van der Waals surface area (Å²) >= 11 is 0. The summed E-state index contributed by atoms with van der Waals surface area (Å²) in [6.07, 6.45) is 0.881. The Balaban J connectivity index is 2.52. The van der Waals surface area contributed by atoms with Crippen LogP contribution in [0.3, 0.4) is 0 Å². The number of rotatable bonds is 8. The molecule has 0 heterocycles. The molecule has 0 spiro atoms. The summed E-state index contributed by atoms with van der Waals surface area (Å²) in [5.41, 5.74) is 0.884. The van der Waals surface area contributed by atoms with Crippen LogP contribution in [-0.4, -0.2) is 25.1 Å². The molecule has 0 aromatic heterocycles. The highest BCUT2D eigenvalue weighted by atomic mass is 16.5. The summed E-state index contributed by atoms with van der Waals surface area (Å²) in [4.78, 5) is 10.7. The van der Waals surface area contributed by atoms with Crippen LogP contribution in [0.2, 0.25) is 0 Å². The van der Waals surface area contributed by atoms with Gasteiger partial charge >= 0.3 is 0 Å². The van der Waals surface area contributed by atoms with Gasteiger partial charge in [-0.15, -0.1) is 0 Å². The molecule has 1 aromatic rings. The molecule has 0 aliphatic carbocycles. The van der Waals surface area contributed by atoms with Crippen molar-refractivity contribution in [1.82, 2.24) is 10.6 Å². The third-order valence-corrected chi connectivity index (χ3v) is 2.77. The Morgan fingerprint density at radius 2 is 2.14 bits per heavy atom. The van der Waals surface area contributed by atoms with Crippen LogP contribution in [-0.2, 0) is 4.79 Å². The van der Waals surface area contributed by atoms with Crippen LogP contribution in [0.4, 0.5) is 0 Å². The van der Waals surface area contributed by atoms with E-state index in [0.717, 1.165) is 17.7 Å². The summed E-state index contributed by atoms with van der Waals surface area (Å²) < 4.78 is 5.63. The molecule has 5 nitrogen and oxygen atoms in total. The van der Waals surface area contributed by atoms with Crippen molar-refractivity contribution in [1.29, 1.82) is 5.26 Å². The van der Waals surface area contributed by atoms with Crippen molar-refractivity contribution in [2.75, 3.05) is 13.1 Å². The van der Waals surface area contributed by atoms with Crippen LogP contribution in [0.5, 0.6) is 5.75 Å². The average molecular weight is 289 g/mol. The molecule has 21 heavy (non-hydrogen) atoms. The molecule has 0 fully saturated rings. The SMILES string of the molecule is CC(=O)NCCCNC(C#N)c1cccc(OC(C)C)c1. The zero-order chi connectivity index (χ0) is 15.7. The molecule has 1 unspecified atom stereocenters. The van der Waals surface area contributed by atoms with Gasteiger partial charge in [-0.3, -0.25) is 10.1 Å². The van der Waals surface area contributed by atoms with E-state index in [9.17, 15) is 10.1 Å². The van der Waals surface area contributed by atoms with Crippen LogP contribution < -0.4 is 15.4 Å². The zero-order valence-corrected chi connectivity index (χ0v) is 12.8. The largest absolute Gasteiger partial charge is 0.491 e. The van der Waals surface area contributed by atoms with E-state index in [-0.39, 0.29) is 18.1 Å². The monoisotopic (exact) mass is 289 g/mol. The molecule has 0 aliphatic rings. The topological polar surface area (TPSA) is 74.2 Å². The number of ether oxygens (including phenoxy) is 1. The van der Waals surface area contributed by atoms with Crippen LogP contribution in [0.1, 0.15) is 38.8 Å². The van der Waals surface area contributed by atoms with E-state index in [0.29, 0.717) is 13.1 Å². The second-order valence-corrected chi connectivity index (χ2v) is 5.09. The molecule has 1 atom stereocenters. The number of nitrogens with zero attached hydrogens (tertiary/aromatic N) is 1. The molecule has 0 bridgehead atoms. The summed E-state index contributed by atoms with van der Waals surface area (Å²) in [6, 6.07) is 9.42. The van der Waals surface area contributed by atoms with E-state index < -0.39 is 0 Å². The van der Waals surface area contributed by atoms with E-state index in [1.165, 1.54) is 6.92 Å². The first-order valence-corrected chi connectivity index (χ1v) is 7.17.